The molecule has 1 aromatic rings. The molecule has 1 aromatic heterocycles. The van der Waals surface area contributed by atoms with Crippen molar-refractivity contribution in [1.82, 2.24) is 4.90 Å². The van der Waals surface area contributed by atoms with Gasteiger partial charge in [-0.1, -0.05) is 6.92 Å². The van der Waals surface area contributed by atoms with Gasteiger partial charge in [0.1, 0.15) is 18.1 Å². The van der Waals surface area contributed by atoms with E-state index in [0.717, 1.165) is 25.1 Å². The second-order valence-corrected chi connectivity index (χ2v) is 4.77. The molecule has 17 heavy (non-hydrogen) atoms. The number of carbonyl (C=O) groups is 1. The number of hydrogen-bond acceptors (Lipinski definition) is 3. The van der Waals surface area contributed by atoms with Gasteiger partial charge in [-0.3, -0.25) is 4.79 Å². The van der Waals surface area contributed by atoms with E-state index in [9.17, 15) is 4.79 Å². The van der Waals surface area contributed by atoms with Crippen molar-refractivity contribution < 1.29 is 14.3 Å². The summed E-state index contributed by atoms with van der Waals surface area (Å²) in [7, 11) is 0. The summed E-state index contributed by atoms with van der Waals surface area (Å²) < 4.78 is 5.41. The molecule has 0 bridgehead atoms. The average Bonchev–Trinajstić information content (AvgIpc) is 2.72. The lowest BCUT2D eigenvalue weighted by atomic mass is 10.0. The van der Waals surface area contributed by atoms with Crippen molar-refractivity contribution in [3.63, 3.8) is 0 Å². The zero-order valence-corrected chi connectivity index (χ0v) is 10.2. The largest absolute Gasteiger partial charge is 0.462 e. The predicted molar refractivity (Wildman–Crippen MR) is 63.1 cm³/mol. The molecule has 1 aliphatic heterocycles. The lowest BCUT2D eigenvalue weighted by molar-refractivity contribution is -0.131. The summed E-state index contributed by atoms with van der Waals surface area (Å²) in [6, 6.07) is 3.58. The number of rotatable bonds is 3. The molecule has 0 aliphatic carbocycles. The number of carbonyl (C=O) groups excluding carboxylic acids is 1. The fourth-order valence-electron chi connectivity index (χ4n) is 2.12. The van der Waals surface area contributed by atoms with Crippen LogP contribution in [0.4, 0.5) is 0 Å². The van der Waals surface area contributed by atoms with Crippen molar-refractivity contribution >= 4 is 5.91 Å². The van der Waals surface area contributed by atoms with Crippen molar-refractivity contribution in [1.29, 1.82) is 0 Å². The Morgan fingerprint density at radius 3 is 2.88 bits per heavy atom. The van der Waals surface area contributed by atoms with Crippen LogP contribution in [0.3, 0.4) is 0 Å². The zero-order chi connectivity index (χ0) is 12.3. The van der Waals surface area contributed by atoms with Crippen LogP contribution >= 0.6 is 0 Å². The fraction of sp³-hybridized carbons (Fsp3) is 0.615. The Morgan fingerprint density at radius 1 is 1.41 bits per heavy atom. The van der Waals surface area contributed by atoms with E-state index in [1.54, 1.807) is 6.07 Å². The molecular weight excluding hydrogens is 218 g/mol. The average molecular weight is 237 g/mol. The summed E-state index contributed by atoms with van der Waals surface area (Å²) in [6.07, 6.45) is 2.67. The monoisotopic (exact) mass is 237 g/mol. The first-order chi connectivity index (χ1) is 8.19. The SMILES string of the molecule is CC1CCC(=O)N(Cc2ccc(CO)o2)CC1. The molecule has 0 aromatic carbocycles. The number of likely N-dealkylation sites (tertiary alicyclic amines) is 1. The van der Waals surface area contributed by atoms with Crippen LogP contribution in [-0.4, -0.2) is 22.5 Å². The van der Waals surface area contributed by atoms with E-state index in [1.807, 2.05) is 11.0 Å². The predicted octanol–water partition coefficient (Wildman–Crippen LogP) is 1.92. The number of amides is 1. The molecule has 0 radical (unpaired) electrons. The normalized spacial score (nSPS) is 21.6. The first-order valence-electron chi connectivity index (χ1n) is 6.15. The minimum atomic E-state index is -0.0923. The molecule has 0 saturated carbocycles. The summed E-state index contributed by atoms with van der Waals surface area (Å²) in [5.74, 6) is 2.12. The van der Waals surface area contributed by atoms with E-state index >= 15 is 0 Å². The molecule has 2 heterocycles. The van der Waals surface area contributed by atoms with E-state index in [4.69, 9.17) is 9.52 Å². The summed E-state index contributed by atoms with van der Waals surface area (Å²) >= 11 is 0. The third kappa shape index (κ3) is 3.09. The summed E-state index contributed by atoms with van der Waals surface area (Å²) in [5.41, 5.74) is 0. The van der Waals surface area contributed by atoms with Crippen LogP contribution in [0.1, 0.15) is 37.7 Å². The molecule has 1 unspecified atom stereocenters. The van der Waals surface area contributed by atoms with Crippen LogP contribution in [0.15, 0.2) is 16.5 Å². The first-order valence-corrected chi connectivity index (χ1v) is 6.15. The molecule has 1 N–H and O–H groups in total. The van der Waals surface area contributed by atoms with Crippen molar-refractivity contribution in [2.24, 2.45) is 5.92 Å². The third-order valence-corrected chi connectivity index (χ3v) is 3.32. The van der Waals surface area contributed by atoms with Gasteiger partial charge in [-0.05, 0) is 30.9 Å². The lowest BCUT2D eigenvalue weighted by Crippen LogP contribution is -2.29. The number of furan rings is 1. The number of nitrogens with zero attached hydrogens (tertiary/aromatic N) is 1. The maximum absolute atomic E-state index is 11.9. The third-order valence-electron chi connectivity index (χ3n) is 3.32. The van der Waals surface area contributed by atoms with Crippen LogP contribution in [-0.2, 0) is 17.9 Å². The number of hydrogen-bond donors (Lipinski definition) is 1. The quantitative estimate of drug-likeness (QED) is 0.873. The Kier molecular flexibility index (Phi) is 3.84. The van der Waals surface area contributed by atoms with Gasteiger partial charge in [-0.15, -0.1) is 0 Å². The highest BCUT2D eigenvalue weighted by Crippen LogP contribution is 2.20. The van der Waals surface area contributed by atoms with Gasteiger partial charge in [0.25, 0.3) is 0 Å². The van der Waals surface area contributed by atoms with Crippen molar-refractivity contribution in [3.05, 3.63) is 23.7 Å². The molecule has 94 valence electrons. The molecule has 1 aliphatic rings. The molecule has 0 spiro atoms. The number of aliphatic hydroxyl groups is 1. The van der Waals surface area contributed by atoms with E-state index in [1.165, 1.54) is 0 Å². The van der Waals surface area contributed by atoms with Gasteiger partial charge in [0.05, 0.1) is 6.54 Å². The van der Waals surface area contributed by atoms with Gasteiger partial charge in [0.2, 0.25) is 5.91 Å². The second-order valence-electron chi connectivity index (χ2n) is 4.77. The fourth-order valence-corrected chi connectivity index (χ4v) is 2.12. The van der Waals surface area contributed by atoms with E-state index in [0.29, 0.717) is 24.6 Å². The minimum Gasteiger partial charge on any atom is -0.462 e. The minimum absolute atomic E-state index is 0.0923. The van der Waals surface area contributed by atoms with Crippen LogP contribution in [0.2, 0.25) is 0 Å². The van der Waals surface area contributed by atoms with Gasteiger partial charge in [-0.25, -0.2) is 0 Å². The van der Waals surface area contributed by atoms with E-state index in [2.05, 4.69) is 6.92 Å². The molecule has 1 fully saturated rings. The van der Waals surface area contributed by atoms with Gasteiger partial charge in [0, 0.05) is 13.0 Å². The second kappa shape index (κ2) is 5.36. The van der Waals surface area contributed by atoms with Crippen LogP contribution < -0.4 is 0 Å². The molecule has 2 rings (SSSR count). The standard InChI is InChI=1S/C13H19NO3/c1-10-2-5-13(16)14(7-6-10)8-11-3-4-12(9-15)17-11/h3-4,10,15H,2,5-9H2,1H3. The molecular formula is C13H19NO3. The van der Waals surface area contributed by atoms with Crippen LogP contribution in [0, 0.1) is 5.92 Å². The topological polar surface area (TPSA) is 53.7 Å². The highest BCUT2D eigenvalue weighted by molar-refractivity contribution is 5.76. The smallest absolute Gasteiger partial charge is 0.222 e. The Balaban J connectivity index is 1.99. The lowest BCUT2D eigenvalue weighted by Gasteiger charge is -2.19. The highest BCUT2D eigenvalue weighted by Gasteiger charge is 2.21. The van der Waals surface area contributed by atoms with Gasteiger partial charge in [0.15, 0.2) is 0 Å². The summed E-state index contributed by atoms with van der Waals surface area (Å²) in [6.45, 7) is 3.42. The van der Waals surface area contributed by atoms with Crippen molar-refractivity contribution in [3.8, 4) is 0 Å². The molecule has 4 nitrogen and oxygen atoms in total. The van der Waals surface area contributed by atoms with Crippen molar-refractivity contribution in [2.75, 3.05) is 6.54 Å². The first kappa shape index (κ1) is 12.2. The Hall–Kier alpha value is -1.29. The van der Waals surface area contributed by atoms with Crippen molar-refractivity contribution in [2.45, 2.75) is 39.3 Å². The zero-order valence-electron chi connectivity index (χ0n) is 10.2. The molecule has 1 saturated heterocycles. The van der Waals surface area contributed by atoms with Crippen LogP contribution in [0.5, 0.6) is 0 Å². The highest BCUT2D eigenvalue weighted by atomic mass is 16.4. The van der Waals surface area contributed by atoms with E-state index < -0.39 is 0 Å². The maximum Gasteiger partial charge on any atom is 0.222 e. The Morgan fingerprint density at radius 2 is 2.18 bits per heavy atom. The Labute approximate surface area is 101 Å². The summed E-state index contributed by atoms with van der Waals surface area (Å²) in [5, 5.41) is 8.91. The van der Waals surface area contributed by atoms with Gasteiger partial charge >= 0.3 is 0 Å². The van der Waals surface area contributed by atoms with E-state index in [-0.39, 0.29) is 12.5 Å². The maximum atomic E-state index is 11.9. The van der Waals surface area contributed by atoms with Gasteiger partial charge in [-0.2, -0.15) is 0 Å². The number of aliphatic hydroxyl groups excluding tert-OH is 1. The molecule has 4 heteroatoms. The van der Waals surface area contributed by atoms with Gasteiger partial charge < -0.3 is 14.4 Å². The molecule has 1 amide bonds. The molecule has 1 atom stereocenters. The summed E-state index contributed by atoms with van der Waals surface area (Å²) in [4.78, 5) is 13.7. The van der Waals surface area contributed by atoms with Crippen LogP contribution in [0.25, 0.3) is 0 Å². The Bertz CT molecular complexity index is 386.